The van der Waals surface area contributed by atoms with Gasteiger partial charge in [0.05, 0.1) is 11.0 Å². The molecule has 0 spiro atoms. The predicted octanol–water partition coefficient (Wildman–Crippen LogP) is 4.01. The van der Waals surface area contributed by atoms with Crippen LogP contribution in [-0.4, -0.2) is 9.97 Å². The third kappa shape index (κ3) is 2.32. The standard InChI is InChI=1S/C16H16N2O/c1-11-7-3-6-10-15(11)19-12(2)16-17-13-8-4-5-9-14(13)18-16/h3-10,12H,1-2H3,(H,17,18)/t12-/m0/s1. The van der Waals surface area contributed by atoms with E-state index in [0.29, 0.717) is 0 Å². The van der Waals surface area contributed by atoms with Crippen molar-refractivity contribution >= 4 is 11.0 Å². The summed E-state index contributed by atoms with van der Waals surface area (Å²) in [5.74, 6) is 1.75. The van der Waals surface area contributed by atoms with Gasteiger partial charge in [0.2, 0.25) is 0 Å². The van der Waals surface area contributed by atoms with Crippen molar-refractivity contribution in [2.24, 2.45) is 0 Å². The maximum absolute atomic E-state index is 5.97. The summed E-state index contributed by atoms with van der Waals surface area (Å²) in [6.45, 7) is 4.05. The zero-order valence-electron chi connectivity index (χ0n) is 11.1. The molecule has 3 aromatic rings. The van der Waals surface area contributed by atoms with Gasteiger partial charge in [-0.2, -0.15) is 0 Å². The van der Waals surface area contributed by atoms with Crippen LogP contribution in [0.15, 0.2) is 48.5 Å². The lowest BCUT2D eigenvalue weighted by Gasteiger charge is -2.14. The highest BCUT2D eigenvalue weighted by Gasteiger charge is 2.13. The van der Waals surface area contributed by atoms with Gasteiger partial charge in [-0.3, -0.25) is 0 Å². The second kappa shape index (κ2) is 4.76. The Labute approximate surface area is 112 Å². The van der Waals surface area contributed by atoms with Gasteiger partial charge in [-0.15, -0.1) is 0 Å². The molecule has 3 rings (SSSR count). The lowest BCUT2D eigenvalue weighted by molar-refractivity contribution is 0.216. The zero-order valence-corrected chi connectivity index (χ0v) is 11.1. The number of benzene rings is 2. The van der Waals surface area contributed by atoms with Crippen LogP contribution in [0.2, 0.25) is 0 Å². The van der Waals surface area contributed by atoms with Crippen molar-refractivity contribution in [2.45, 2.75) is 20.0 Å². The van der Waals surface area contributed by atoms with Gasteiger partial charge in [-0.1, -0.05) is 30.3 Å². The maximum atomic E-state index is 5.97. The molecule has 0 aliphatic heterocycles. The van der Waals surface area contributed by atoms with Gasteiger partial charge in [0.15, 0.2) is 6.10 Å². The van der Waals surface area contributed by atoms with Crippen LogP contribution in [0.5, 0.6) is 5.75 Å². The summed E-state index contributed by atoms with van der Waals surface area (Å²) < 4.78 is 5.97. The molecule has 0 bridgehead atoms. The van der Waals surface area contributed by atoms with Crippen LogP contribution in [0.3, 0.4) is 0 Å². The molecule has 3 heteroatoms. The van der Waals surface area contributed by atoms with E-state index < -0.39 is 0 Å². The quantitative estimate of drug-likeness (QED) is 0.764. The van der Waals surface area contributed by atoms with E-state index in [0.717, 1.165) is 28.2 Å². The summed E-state index contributed by atoms with van der Waals surface area (Å²) in [6.07, 6.45) is -0.103. The SMILES string of the molecule is Cc1ccccc1O[C@@H](C)c1nc2ccccc2[nH]1. The smallest absolute Gasteiger partial charge is 0.153 e. The number of rotatable bonds is 3. The number of ether oxygens (including phenoxy) is 1. The molecule has 2 aromatic carbocycles. The molecule has 19 heavy (non-hydrogen) atoms. The zero-order chi connectivity index (χ0) is 13.2. The molecule has 1 atom stereocenters. The minimum atomic E-state index is -0.103. The summed E-state index contributed by atoms with van der Waals surface area (Å²) >= 11 is 0. The summed E-state index contributed by atoms with van der Waals surface area (Å²) in [6, 6.07) is 16.0. The number of aromatic amines is 1. The molecule has 0 fully saturated rings. The van der Waals surface area contributed by atoms with Crippen molar-refractivity contribution in [3.05, 3.63) is 59.9 Å². The summed E-state index contributed by atoms with van der Waals surface area (Å²) in [4.78, 5) is 7.86. The topological polar surface area (TPSA) is 37.9 Å². The van der Waals surface area contributed by atoms with Gasteiger partial charge in [0.25, 0.3) is 0 Å². The molecule has 0 aliphatic carbocycles. The van der Waals surface area contributed by atoms with E-state index in [4.69, 9.17) is 4.74 Å². The highest BCUT2D eigenvalue weighted by Crippen LogP contribution is 2.24. The lowest BCUT2D eigenvalue weighted by atomic mass is 10.2. The number of aromatic nitrogens is 2. The van der Waals surface area contributed by atoms with Crippen molar-refractivity contribution in [3.8, 4) is 5.75 Å². The van der Waals surface area contributed by atoms with E-state index in [1.54, 1.807) is 0 Å². The van der Waals surface area contributed by atoms with Crippen molar-refractivity contribution in [2.75, 3.05) is 0 Å². The van der Waals surface area contributed by atoms with Gasteiger partial charge in [0, 0.05) is 0 Å². The summed E-state index contributed by atoms with van der Waals surface area (Å²) in [7, 11) is 0. The molecule has 3 nitrogen and oxygen atoms in total. The fourth-order valence-electron chi connectivity index (χ4n) is 2.10. The summed E-state index contributed by atoms with van der Waals surface area (Å²) in [5, 5.41) is 0. The number of aryl methyl sites for hydroxylation is 1. The van der Waals surface area contributed by atoms with E-state index in [2.05, 4.69) is 9.97 Å². The Hall–Kier alpha value is -2.29. The predicted molar refractivity (Wildman–Crippen MR) is 76.3 cm³/mol. The highest BCUT2D eigenvalue weighted by atomic mass is 16.5. The fourth-order valence-corrected chi connectivity index (χ4v) is 2.10. The number of H-pyrrole nitrogens is 1. The first-order valence-corrected chi connectivity index (χ1v) is 6.41. The molecule has 0 aliphatic rings. The molecule has 0 radical (unpaired) electrons. The molecule has 0 saturated heterocycles. The molecule has 1 heterocycles. The maximum Gasteiger partial charge on any atom is 0.153 e. The number of nitrogens with zero attached hydrogens (tertiary/aromatic N) is 1. The minimum absolute atomic E-state index is 0.103. The van der Waals surface area contributed by atoms with Crippen LogP contribution in [0.1, 0.15) is 24.4 Å². The molecule has 1 aromatic heterocycles. The number of para-hydroxylation sites is 3. The van der Waals surface area contributed by atoms with E-state index >= 15 is 0 Å². The minimum Gasteiger partial charge on any atom is -0.483 e. The van der Waals surface area contributed by atoms with E-state index in [1.807, 2.05) is 62.4 Å². The van der Waals surface area contributed by atoms with Crippen LogP contribution in [0.4, 0.5) is 0 Å². The Bertz CT molecular complexity index is 670. The Morgan fingerprint density at radius 2 is 1.79 bits per heavy atom. The lowest BCUT2D eigenvalue weighted by Crippen LogP contribution is -2.05. The Balaban J connectivity index is 1.87. The largest absolute Gasteiger partial charge is 0.483 e. The first-order valence-electron chi connectivity index (χ1n) is 6.41. The Morgan fingerprint density at radius 3 is 2.58 bits per heavy atom. The molecule has 0 saturated carbocycles. The average Bonchev–Trinajstić information content (AvgIpc) is 2.85. The van der Waals surface area contributed by atoms with Crippen LogP contribution >= 0.6 is 0 Å². The fraction of sp³-hybridized carbons (Fsp3) is 0.188. The van der Waals surface area contributed by atoms with E-state index in [-0.39, 0.29) is 6.10 Å². The average molecular weight is 252 g/mol. The van der Waals surface area contributed by atoms with Gasteiger partial charge in [-0.05, 0) is 37.6 Å². The number of hydrogen-bond acceptors (Lipinski definition) is 2. The van der Waals surface area contributed by atoms with Gasteiger partial charge < -0.3 is 9.72 Å². The van der Waals surface area contributed by atoms with Crippen molar-refractivity contribution in [1.29, 1.82) is 0 Å². The normalized spacial score (nSPS) is 12.5. The van der Waals surface area contributed by atoms with Crippen molar-refractivity contribution in [3.63, 3.8) is 0 Å². The molecular formula is C16H16N2O. The number of fused-ring (bicyclic) bond motifs is 1. The monoisotopic (exact) mass is 252 g/mol. The first-order chi connectivity index (χ1) is 9.24. The van der Waals surface area contributed by atoms with Crippen LogP contribution in [0.25, 0.3) is 11.0 Å². The first kappa shape index (κ1) is 11.8. The Kier molecular flexibility index (Phi) is 2.95. The number of hydrogen-bond donors (Lipinski definition) is 1. The summed E-state index contributed by atoms with van der Waals surface area (Å²) in [5.41, 5.74) is 3.14. The van der Waals surface area contributed by atoms with Gasteiger partial charge >= 0.3 is 0 Å². The molecule has 96 valence electrons. The van der Waals surface area contributed by atoms with E-state index in [9.17, 15) is 0 Å². The number of nitrogens with one attached hydrogen (secondary N) is 1. The third-order valence-corrected chi connectivity index (χ3v) is 3.19. The third-order valence-electron chi connectivity index (χ3n) is 3.19. The van der Waals surface area contributed by atoms with Crippen molar-refractivity contribution < 1.29 is 4.74 Å². The van der Waals surface area contributed by atoms with Gasteiger partial charge in [-0.25, -0.2) is 4.98 Å². The van der Waals surface area contributed by atoms with Crippen molar-refractivity contribution in [1.82, 2.24) is 9.97 Å². The van der Waals surface area contributed by atoms with Crippen LogP contribution in [-0.2, 0) is 0 Å². The van der Waals surface area contributed by atoms with Crippen LogP contribution < -0.4 is 4.74 Å². The molecule has 0 amide bonds. The second-order valence-corrected chi connectivity index (χ2v) is 4.66. The van der Waals surface area contributed by atoms with Gasteiger partial charge in [0.1, 0.15) is 11.6 Å². The number of imidazole rings is 1. The molecule has 1 N–H and O–H groups in total. The molecule has 0 unspecified atom stereocenters. The van der Waals surface area contributed by atoms with E-state index in [1.165, 1.54) is 0 Å². The molecular weight excluding hydrogens is 236 g/mol. The Morgan fingerprint density at radius 1 is 1.05 bits per heavy atom. The van der Waals surface area contributed by atoms with Crippen LogP contribution in [0, 0.1) is 6.92 Å². The second-order valence-electron chi connectivity index (χ2n) is 4.66. The highest BCUT2D eigenvalue weighted by molar-refractivity contribution is 5.74.